The molecule has 29 heavy (non-hydrogen) atoms. The molecule has 140 valence electrons. The van der Waals surface area contributed by atoms with Gasteiger partial charge in [-0.25, -0.2) is 4.57 Å². The summed E-state index contributed by atoms with van der Waals surface area (Å²) < 4.78 is 2.28. The molecule has 3 aromatic carbocycles. The van der Waals surface area contributed by atoms with Crippen molar-refractivity contribution in [3.63, 3.8) is 0 Å². The van der Waals surface area contributed by atoms with Crippen LogP contribution in [0.2, 0.25) is 0 Å². The standard InChI is InChI=1S/C28H24N/c1-17-12-13-29(3)25(14-17)27-18(2)26-21-10-6-4-8-19(21)15-23(26)24-16-20-9-5-7-11-22(20)28(24)27/h4-14H,15-16H2,1-3H3/q+1. The molecule has 6 rings (SSSR count). The average Bonchev–Trinajstić information content (AvgIpc) is 3.30. The lowest BCUT2D eigenvalue weighted by Crippen LogP contribution is -2.31. The van der Waals surface area contributed by atoms with Gasteiger partial charge in [-0.1, -0.05) is 48.5 Å². The molecule has 0 aliphatic heterocycles. The van der Waals surface area contributed by atoms with Gasteiger partial charge in [-0.15, -0.1) is 0 Å². The van der Waals surface area contributed by atoms with Crippen molar-refractivity contribution in [1.29, 1.82) is 0 Å². The molecule has 1 heteroatoms. The van der Waals surface area contributed by atoms with Crippen LogP contribution < -0.4 is 4.57 Å². The van der Waals surface area contributed by atoms with E-state index in [0.29, 0.717) is 0 Å². The summed E-state index contributed by atoms with van der Waals surface area (Å²) in [5, 5.41) is 0. The molecule has 0 unspecified atom stereocenters. The van der Waals surface area contributed by atoms with Crippen molar-refractivity contribution < 1.29 is 4.57 Å². The number of hydrogen-bond acceptors (Lipinski definition) is 0. The molecule has 2 aliphatic carbocycles. The van der Waals surface area contributed by atoms with Gasteiger partial charge in [0.05, 0.1) is 5.56 Å². The Morgan fingerprint density at radius 1 is 0.690 bits per heavy atom. The Morgan fingerprint density at radius 3 is 1.97 bits per heavy atom. The van der Waals surface area contributed by atoms with Crippen LogP contribution in [0.4, 0.5) is 0 Å². The Bertz CT molecular complexity index is 1330. The smallest absolute Gasteiger partial charge is 0.201 e. The van der Waals surface area contributed by atoms with E-state index in [1.54, 1.807) is 11.1 Å². The maximum absolute atomic E-state index is 2.34. The zero-order valence-corrected chi connectivity index (χ0v) is 17.2. The predicted molar refractivity (Wildman–Crippen MR) is 119 cm³/mol. The minimum Gasteiger partial charge on any atom is -0.201 e. The van der Waals surface area contributed by atoms with Crippen molar-refractivity contribution in [2.45, 2.75) is 26.7 Å². The maximum atomic E-state index is 2.34. The van der Waals surface area contributed by atoms with Crippen molar-refractivity contribution in [2.24, 2.45) is 7.05 Å². The number of aromatic nitrogens is 1. The van der Waals surface area contributed by atoms with Gasteiger partial charge >= 0.3 is 0 Å². The van der Waals surface area contributed by atoms with Gasteiger partial charge in [0, 0.05) is 12.1 Å². The number of nitrogens with zero attached hydrogens (tertiary/aromatic N) is 1. The summed E-state index contributed by atoms with van der Waals surface area (Å²) in [7, 11) is 2.17. The van der Waals surface area contributed by atoms with E-state index in [4.69, 9.17) is 0 Å². The molecule has 1 aromatic heterocycles. The lowest BCUT2D eigenvalue weighted by Gasteiger charge is -2.18. The van der Waals surface area contributed by atoms with Crippen LogP contribution in [0.1, 0.15) is 33.4 Å². The highest BCUT2D eigenvalue weighted by Crippen LogP contribution is 2.52. The molecule has 0 saturated heterocycles. The van der Waals surface area contributed by atoms with Crippen LogP contribution >= 0.6 is 0 Å². The van der Waals surface area contributed by atoms with Crippen molar-refractivity contribution in [2.75, 3.05) is 0 Å². The van der Waals surface area contributed by atoms with Crippen LogP contribution in [0.5, 0.6) is 0 Å². The van der Waals surface area contributed by atoms with Gasteiger partial charge < -0.3 is 0 Å². The van der Waals surface area contributed by atoms with Gasteiger partial charge in [-0.05, 0) is 82.3 Å². The van der Waals surface area contributed by atoms with Gasteiger partial charge in [-0.2, -0.15) is 0 Å². The second-order valence-electron chi connectivity index (χ2n) is 8.58. The van der Waals surface area contributed by atoms with Gasteiger partial charge in [0.1, 0.15) is 7.05 Å². The molecule has 0 fully saturated rings. The Morgan fingerprint density at radius 2 is 1.28 bits per heavy atom. The average molecular weight is 375 g/mol. The lowest BCUT2D eigenvalue weighted by molar-refractivity contribution is -0.660. The second kappa shape index (κ2) is 5.90. The molecule has 0 N–H and O–H groups in total. The first-order chi connectivity index (χ1) is 14.1. The van der Waals surface area contributed by atoms with E-state index in [2.05, 4.69) is 92.3 Å². The summed E-state index contributed by atoms with van der Waals surface area (Å²) in [6.45, 7) is 4.52. The molecular weight excluding hydrogens is 350 g/mol. The highest BCUT2D eigenvalue weighted by Gasteiger charge is 2.34. The van der Waals surface area contributed by atoms with E-state index in [1.165, 1.54) is 55.8 Å². The Balaban J connectivity index is 1.78. The highest BCUT2D eigenvalue weighted by molar-refractivity contribution is 5.98. The van der Waals surface area contributed by atoms with Crippen molar-refractivity contribution >= 4 is 0 Å². The molecule has 0 radical (unpaired) electrons. The van der Waals surface area contributed by atoms with Crippen molar-refractivity contribution in [1.82, 2.24) is 0 Å². The molecule has 0 bridgehead atoms. The third-order valence-electron chi connectivity index (χ3n) is 6.84. The zero-order valence-electron chi connectivity index (χ0n) is 17.2. The zero-order chi connectivity index (χ0) is 19.7. The fraction of sp³-hybridized carbons (Fsp3) is 0.179. The second-order valence-corrected chi connectivity index (χ2v) is 8.58. The minimum atomic E-state index is 1.05. The fourth-order valence-electron chi connectivity index (χ4n) is 5.51. The van der Waals surface area contributed by atoms with E-state index in [-0.39, 0.29) is 0 Å². The SMILES string of the molecule is Cc1cc[n+](C)c(-c2c(C)c3c(c4c2-c2ccccc2C4)Cc2ccccc2-3)c1. The van der Waals surface area contributed by atoms with Gasteiger partial charge in [0.25, 0.3) is 0 Å². The molecule has 0 spiro atoms. The number of fused-ring (bicyclic) bond motifs is 7. The molecule has 1 nitrogen and oxygen atoms in total. The quantitative estimate of drug-likeness (QED) is 0.314. The van der Waals surface area contributed by atoms with Crippen LogP contribution in [0.25, 0.3) is 33.5 Å². The van der Waals surface area contributed by atoms with Gasteiger partial charge in [0.15, 0.2) is 6.20 Å². The monoisotopic (exact) mass is 374 g/mol. The molecule has 4 aromatic rings. The first-order valence-corrected chi connectivity index (χ1v) is 10.4. The summed E-state index contributed by atoms with van der Waals surface area (Å²) in [5.74, 6) is 0. The van der Waals surface area contributed by atoms with E-state index < -0.39 is 0 Å². The van der Waals surface area contributed by atoms with Crippen LogP contribution in [0.15, 0.2) is 66.9 Å². The molecular formula is C28H24N+. The van der Waals surface area contributed by atoms with E-state index in [1.807, 2.05) is 0 Å². The maximum Gasteiger partial charge on any atom is 0.213 e. The predicted octanol–water partition coefficient (Wildman–Crippen LogP) is 5.94. The Hall–Kier alpha value is -3.19. The summed E-state index contributed by atoms with van der Waals surface area (Å²) in [6, 6.07) is 22.5. The van der Waals surface area contributed by atoms with Gasteiger partial charge in [-0.3, -0.25) is 0 Å². The third-order valence-corrected chi connectivity index (χ3v) is 6.84. The molecule has 0 amide bonds. The van der Waals surface area contributed by atoms with Crippen LogP contribution in [0.3, 0.4) is 0 Å². The number of aryl methyl sites for hydroxylation is 2. The largest absolute Gasteiger partial charge is 0.213 e. The van der Waals surface area contributed by atoms with Crippen LogP contribution in [-0.2, 0) is 19.9 Å². The topological polar surface area (TPSA) is 3.88 Å². The summed E-state index contributed by atoms with van der Waals surface area (Å²) in [4.78, 5) is 0. The number of benzene rings is 3. The highest BCUT2D eigenvalue weighted by atomic mass is 14.9. The number of hydrogen-bond donors (Lipinski definition) is 0. The summed E-state index contributed by atoms with van der Waals surface area (Å²) in [6.07, 6.45) is 4.30. The molecule has 1 heterocycles. The molecule has 0 atom stereocenters. The first kappa shape index (κ1) is 16.7. The number of pyridine rings is 1. The van der Waals surface area contributed by atoms with Crippen molar-refractivity contribution in [3.8, 4) is 33.5 Å². The van der Waals surface area contributed by atoms with E-state index in [9.17, 15) is 0 Å². The van der Waals surface area contributed by atoms with Crippen LogP contribution in [0, 0.1) is 13.8 Å². The first-order valence-electron chi connectivity index (χ1n) is 10.4. The fourth-order valence-corrected chi connectivity index (χ4v) is 5.51. The Labute approximate surface area is 172 Å². The lowest BCUT2D eigenvalue weighted by atomic mass is 9.85. The molecule has 2 aliphatic rings. The Kier molecular flexibility index (Phi) is 3.41. The van der Waals surface area contributed by atoms with E-state index >= 15 is 0 Å². The van der Waals surface area contributed by atoms with Crippen molar-refractivity contribution in [3.05, 3.63) is 100 Å². The van der Waals surface area contributed by atoms with Gasteiger partial charge in [0.2, 0.25) is 5.69 Å². The normalized spacial score (nSPS) is 13.1. The third kappa shape index (κ3) is 2.25. The number of rotatable bonds is 1. The molecule has 0 saturated carbocycles. The van der Waals surface area contributed by atoms with E-state index in [0.717, 1.165) is 12.8 Å². The summed E-state index contributed by atoms with van der Waals surface area (Å²) >= 11 is 0. The summed E-state index contributed by atoms with van der Waals surface area (Å²) in [5.41, 5.74) is 17.2. The van der Waals surface area contributed by atoms with Crippen LogP contribution in [-0.4, -0.2) is 0 Å². The minimum absolute atomic E-state index is 1.05.